The Labute approximate surface area is 117 Å². The molecule has 0 aliphatic heterocycles. The van der Waals surface area contributed by atoms with E-state index in [-0.39, 0.29) is 9.90 Å². The lowest BCUT2D eigenvalue weighted by Gasteiger charge is -2.08. The summed E-state index contributed by atoms with van der Waals surface area (Å²) in [6.45, 7) is 0. The number of aromatic nitrogens is 1. The maximum Gasteiger partial charge on any atom is 0.0780 e. The summed E-state index contributed by atoms with van der Waals surface area (Å²) in [6.07, 6.45) is 1.84. The van der Waals surface area contributed by atoms with Crippen LogP contribution >= 0.6 is 9.90 Å². The Kier molecular flexibility index (Phi) is 4.43. The van der Waals surface area contributed by atoms with Crippen molar-refractivity contribution >= 4 is 9.90 Å². The first-order valence-corrected chi connectivity index (χ1v) is 6.01. The van der Waals surface area contributed by atoms with Crippen LogP contribution in [0.2, 0.25) is 0 Å². The van der Waals surface area contributed by atoms with Crippen LogP contribution in [-0.4, -0.2) is 4.98 Å². The second-order valence-electron chi connectivity index (χ2n) is 4.13. The molecule has 3 rings (SSSR count). The SMILES string of the molecule is P.c1ccc(-c2cccnc2-c2ccccc2)cc1. The van der Waals surface area contributed by atoms with E-state index in [1.807, 2.05) is 36.5 Å². The number of nitrogens with zero attached hydrogens (tertiary/aromatic N) is 1. The number of hydrogen-bond acceptors (Lipinski definition) is 1. The Bertz CT molecular complexity index is 577. The molecule has 1 unspecified atom stereocenters. The van der Waals surface area contributed by atoms with Gasteiger partial charge in [0, 0.05) is 17.3 Å². The zero-order chi connectivity index (χ0) is 12.2. The van der Waals surface area contributed by atoms with Gasteiger partial charge in [-0.05, 0) is 11.6 Å². The molecule has 0 fully saturated rings. The highest BCUT2D eigenvalue weighted by molar-refractivity contribution is 6.92. The zero-order valence-corrected chi connectivity index (χ0v) is 12.1. The van der Waals surface area contributed by atoms with Gasteiger partial charge in [-0.1, -0.05) is 66.7 Å². The molecule has 0 bridgehead atoms. The van der Waals surface area contributed by atoms with Crippen molar-refractivity contribution in [2.75, 3.05) is 0 Å². The quantitative estimate of drug-likeness (QED) is 0.623. The summed E-state index contributed by atoms with van der Waals surface area (Å²) in [4.78, 5) is 4.53. The molecule has 2 heteroatoms. The Morgan fingerprint density at radius 3 is 1.79 bits per heavy atom. The molecular formula is C17H16NP. The molecule has 1 atom stereocenters. The molecule has 1 heterocycles. The molecule has 0 aliphatic rings. The van der Waals surface area contributed by atoms with Gasteiger partial charge in [-0.3, -0.25) is 4.98 Å². The number of pyridine rings is 1. The lowest BCUT2D eigenvalue weighted by molar-refractivity contribution is 1.32. The van der Waals surface area contributed by atoms with E-state index in [2.05, 4.69) is 47.4 Å². The molecule has 3 aromatic rings. The summed E-state index contributed by atoms with van der Waals surface area (Å²) in [5, 5.41) is 0. The van der Waals surface area contributed by atoms with Gasteiger partial charge in [0.25, 0.3) is 0 Å². The van der Waals surface area contributed by atoms with Crippen LogP contribution in [-0.2, 0) is 0 Å². The van der Waals surface area contributed by atoms with Crippen molar-refractivity contribution in [1.29, 1.82) is 0 Å². The van der Waals surface area contributed by atoms with E-state index in [0.29, 0.717) is 0 Å². The molecule has 0 radical (unpaired) electrons. The Morgan fingerprint density at radius 2 is 1.16 bits per heavy atom. The maximum absolute atomic E-state index is 4.53. The van der Waals surface area contributed by atoms with E-state index in [1.54, 1.807) is 0 Å². The summed E-state index contributed by atoms with van der Waals surface area (Å²) in [7, 11) is 0. The predicted octanol–water partition coefficient (Wildman–Crippen LogP) is 4.47. The third-order valence-corrected chi connectivity index (χ3v) is 2.94. The van der Waals surface area contributed by atoms with Crippen molar-refractivity contribution in [3.05, 3.63) is 79.0 Å². The first kappa shape index (κ1) is 13.5. The fraction of sp³-hybridized carbons (Fsp3) is 0. The highest BCUT2D eigenvalue weighted by atomic mass is 31.0. The van der Waals surface area contributed by atoms with E-state index in [4.69, 9.17) is 0 Å². The van der Waals surface area contributed by atoms with Crippen LogP contribution in [0.4, 0.5) is 0 Å². The molecule has 94 valence electrons. The first-order chi connectivity index (χ1) is 8.95. The van der Waals surface area contributed by atoms with Crippen LogP contribution in [0, 0.1) is 0 Å². The summed E-state index contributed by atoms with van der Waals surface area (Å²) in [5.41, 5.74) is 4.55. The van der Waals surface area contributed by atoms with Crippen LogP contribution < -0.4 is 0 Å². The highest BCUT2D eigenvalue weighted by Crippen LogP contribution is 2.29. The third-order valence-electron chi connectivity index (χ3n) is 2.94. The predicted molar refractivity (Wildman–Crippen MR) is 86.2 cm³/mol. The van der Waals surface area contributed by atoms with E-state index in [1.165, 1.54) is 11.1 Å². The molecule has 0 saturated carbocycles. The zero-order valence-electron chi connectivity index (χ0n) is 10.7. The van der Waals surface area contributed by atoms with Crippen molar-refractivity contribution in [2.24, 2.45) is 0 Å². The molecule has 0 aliphatic carbocycles. The largest absolute Gasteiger partial charge is 0.256 e. The summed E-state index contributed by atoms with van der Waals surface area (Å²) >= 11 is 0. The molecule has 0 N–H and O–H groups in total. The minimum absolute atomic E-state index is 0. The Balaban J connectivity index is 0.00000133. The van der Waals surface area contributed by atoms with Crippen LogP contribution in [0.1, 0.15) is 0 Å². The fourth-order valence-corrected chi connectivity index (χ4v) is 2.08. The van der Waals surface area contributed by atoms with Crippen molar-refractivity contribution < 1.29 is 0 Å². The lowest BCUT2D eigenvalue weighted by Crippen LogP contribution is -1.88. The normalized spacial score (nSPS) is 9.68. The molecule has 2 aromatic carbocycles. The van der Waals surface area contributed by atoms with Gasteiger partial charge in [0.2, 0.25) is 0 Å². The minimum atomic E-state index is 0. The van der Waals surface area contributed by atoms with Crippen molar-refractivity contribution in [1.82, 2.24) is 4.98 Å². The van der Waals surface area contributed by atoms with Crippen molar-refractivity contribution in [3.8, 4) is 22.4 Å². The van der Waals surface area contributed by atoms with Gasteiger partial charge in [0.1, 0.15) is 0 Å². The maximum atomic E-state index is 4.53. The Hall–Kier alpha value is -1.98. The van der Waals surface area contributed by atoms with Gasteiger partial charge < -0.3 is 0 Å². The average Bonchev–Trinajstić information content (AvgIpc) is 2.49. The van der Waals surface area contributed by atoms with E-state index in [0.717, 1.165) is 11.3 Å². The van der Waals surface area contributed by atoms with Gasteiger partial charge in [-0.2, -0.15) is 9.90 Å². The van der Waals surface area contributed by atoms with Gasteiger partial charge in [-0.25, -0.2) is 0 Å². The second-order valence-corrected chi connectivity index (χ2v) is 4.13. The molecule has 1 nitrogen and oxygen atoms in total. The van der Waals surface area contributed by atoms with Gasteiger partial charge in [0.05, 0.1) is 5.69 Å². The average molecular weight is 265 g/mol. The number of benzene rings is 2. The number of rotatable bonds is 2. The monoisotopic (exact) mass is 265 g/mol. The fourth-order valence-electron chi connectivity index (χ4n) is 2.08. The van der Waals surface area contributed by atoms with Crippen molar-refractivity contribution in [2.45, 2.75) is 0 Å². The smallest absolute Gasteiger partial charge is 0.0780 e. The first-order valence-electron chi connectivity index (χ1n) is 6.01. The van der Waals surface area contributed by atoms with Crippen molar-refractivity contribution in [3.63, 3.8) is 0 Å². The molecule has 19 heavy (non-hydrogen) atoms. The minimum Gasteiger partial charge on any atom is -0.256 e. The summed E-state index contributed by atoms with van der Waals surface area (Å²) in [6, 6.07) is 24.7. The molecular weight excluding hydrogens is 249 g/mol. The van der Waals surface area contributed by atoms with Gasteiger partial charge in [0.15, 0.2) is 0 Å². The van der Waals surface area contributed by atoms with E-state index < -0.39 is 0 Å². The lowest BCUT2D eigenvalue weighted by atomic mass is 10.00. The van der Waals surface area contributed by atoms with Gasteiger partial charge >= 0.3 is 0 Å². The standard InChI is InChI=1S/C17H13N.H3P/c1-3-8-14(9-4-1)16-12-7-13-18-17(16)15-10-5-2-6-11-15;/h1-13H;1H3. The van der Waals surface area contributed by atoms with Gasteiger partial charge in [-0.15, -0.1) is 0 Å². The molecule has 0 spiro atoms. The molecule has 1 aromatic heterocycles. The molecule has 0 amide bonds. The topological polar surface area (TPSA) is 12.9 Å². The highest BCUT2D eigenvalue weighted by Gasteiger charge is 2.06. The molecule has 0 saturated heterocycles. The number of hydrogen-bond donors (Lipinski definition) is 0. The van der Waals surface area contributed by atoms with Crippen LogP contribution in [0.3, 0.4) is 0 Å². The van der Waals surface area contributed by atoms with Crippen LogP contribution in [0.5, 0.6) is 0 Å². The summed E-state index contributed by atoms with van der Waals surface area (Å²) < 4.78 is 0. The van der Waals surface area contributed by atoms with E-state index >= 15 is 0 Å². The van der Waals surface area contributed by atoms with E-state index in [9.17, 15) is 0 Å². The second kappa shape index (κ2) is 6.26. The Morgan fingerprint density at radius 1 is 0.579 bits per heavy atom. The van der Waals surface area contributed by atoms with Crippen LogP contribution in [0.15, 0.2) is 79.0 Å². The third kappa shape index (κ3) is 2.89. The summed E-state index contributed by atoms with van der Waals surface area (Å²) in [5.74, 6) is 0. The van der Waals surface area contributed by atoms with Crippen LogP contribution in [0.25, 0.3) is 22.4 Å².